The lowest BCUT2D eigenvalue weighted by Gasteiger charge is -2.15. The maximum absolute atomic E-state index is 9.46. The molecule has 0 aromatic heterocycles. The highest BCUT2D eigenvalue weighted by atomic mass is 35.5. The second-order valence-corrected chi connectivity index (χ2v) is 4.13. The number of aliphatic hydroxyl groups excluding tert-OH is 2. The average Bonchev–Trinajstić information content (AvgIpc) is 2.35. The zero-order valence-corrected chi connectivity index (χ0v) is 10.7. The molecular formula is C12H18ClNO3. The summed E-state index contributed by atoms with van der Waals surface area (Å²) in [7, 11) is 1.56. The van der Waals surface area contributed by atoms with Gasteiger partial charge >= 0.3 is 0 Å². The Bertz CT molecular complexity index is 358. The van der Waals surface area contributed by atoms with Gasteiger partial charge in [-0.2, -0.15) is 0 Å². The monoisotopic (exact) mass is 259 g/mol. The topological polar surface area (TPSA) is 61.7 Å². The first-order chi connectivity index (χ1) is 8.08. The summed E-state index contributed by atoms with van der Waals surface area (Å²) in [5, 5.41) is 21.8. The number of hydrogen-bond donors (Lipinski definition) is 3. The van der Waals surface area contributed by atoms with Crippen LogP contribution >= 0.6 is 11.6 Å². The van der Waals surface area contributed by atoms with E-state index < -0.39 is 12.2 Å². The van der Waals surface area contributed by atoms with Gasteiger partial charge in [0.25, 0.3) is 0 Å². The van der Waals surface area contributed by atoms with Crippen LogP contribution in [0.2, 0.25) is 0 Å². The van der Waals surface area contributed by atoms with Crippen LogP contribution in [0.1, 0.15) is 18.6 Å². The fourth-order valence-electron chi connectivity index (χ4n) is 1.40. The molecule has 1 rings (SSSR count). The highest BCUT2D eigenvalue weighted by Gasteiger charge is 2.09. The predicted octanol–water partition coefficient (Wildman–Crippen LogP) is 1.76. The molecule has 0 radical (unpaired) electrons. The van der Waals surface area contributed by atoms with Crippen LogP contribution in [0.4, 0.5) is 5.69 Å². The van der Waals surface area contributed by atoms with Gasteiger partial charge in [0.2, 0.25) is 0 Å². The molecule has 0 spiro atoms. The highest BCUT2D eigenvalue weighted by Crippen LogP contribution is 2.28. The zero-order valence-electron chi connectivity index (χ0n) is 9.98. The maximum Gasteiger partial charge on any atom is 0.142 e. The number of rotatable bonds is 6. The Morgan fingerprint density at radius 3 is 2.65 bits per heavy atom. The molecule has 96 valence electrons. The highest BCUT2D eigenvalue weighted by molar-refractivity contribution is 6.18. The number of anilines is 1. The zero-order chi connectivity index (χ0) is 12.8. The normalized spacial score (nSPS) is 14.2. The van der Waals surface area contributed by atoms with Crippen LogP contribution < -0.4 is 10.1 Å². The van der Waals surface area contributed by atoms with E-state index in [4.69, 9.17) is 16.3 Å². The third-order valence-corrected chi connectivity index (χ3v) is 2.77. The average molecular weight is 260 g/mol. The van der Waals surface area contributed by atoms with E-state index in [9.17, 15) is 10.2 Å². The van der Waals surface area contributed by atoms with E-state index in [0.717, 1.165) is 11.3 Å². The summed E-state index contributed by atoms with van der Waals surface area (Å²) in [6, 6.07) is 5.38. The first kappa shape index (κ1) is 14.1. The number of hydrogen-bond acceptors (Lipinski definition) is 4. The van der Waals surface area contributed by atoms with Crippen molar-refractivity contribution >= 4 is 17.3 Å². The minimum atomic E-state index is -0.599. The van der Waals surface area contributed by atoms with Crippen LogP contribution in [0.15, 0.2) is 18.2 Å². The molecule has 0 aliphatic rings. The molecule has 5 heteroatoms. The maximum atomic E-state index is 9.46. The summed E-state index contributed by atoms with van der Waals surface area (Å²) in [6.45, 7) is 2.05. The van der Waals surface area contributed by atoms with Crippen LogP contribution in [0, 0.1) is 0 Å². The lowest BCUT2D eigenvalue weighted by atomic mass is 10.1. The molecule has 3 N–H and O–H groups in total. The van der Waals surface area contributed by atoms with Crippen molar-refractivity contribution in [2.75, 3.05) is 24.9 Å². The number of alkyl halides is 1. The number of aliphatic hydroxyl groups is 2. The molecule has 2 atom stereocenters. The lowest BCUT2D eigenvalue weighted by molar-refractivity contribution is 0.199. The van der Waals surface area contributed by atoms with E-state index in [-0.39, 0.29) is 5.88 Å². The molecule has 0 fully saturated rings. The fourth-order valence-corrected chi connectivity index (χ4v) is 1.51. The first-order valence-electron chi connectivity index (χ1n) is 5.42. The van der Waals surface area contributed by atoms with Crippen molar-refractivity contribution in [3.05, 3.63) is 23.8 Å². The summed E-state index contributed by atoms with van der Waals surface area (Å²) >= 11 is 5.50. The van der Waals surface area contributed by atoms with E-state index >= 15 is 0 Å². The van der Waals surface area contributed by atoms with Gasteiger partial charge in [0, 0.05) is 6.54 Å². The standard InChI is InChI=1S/C12H18ClNO3/c1-8(15)9-3-4-11(12(5-9)17-2)14-7-10(16)6-13/h3-5,8,10,14-16H,6-7H2,1-2H3. The Morgan fingerprint density at radius 2 is 2.12 bits per heavy atom. The molecule has 0 aliphatic heterocycles. The molecule has 1 aromatic rings. The number of halogens is 1. The van der Waals surface area contributed by atoms with Gasteiger partial charge in [0.05, 0.1) is 30.9 Å². The van der Waals surface area contributed by atoms with E-state index in [1.54, 1.807) is 20.1 Å². The van der Waals surface area contributed by atoms with Crippen LogP contribution in [0.3, 0.4) is 0 Å². The van der Waals surface area contributed by atoms with Gasteiger partial charge in [0.1, 0.15) is 5.75 Å². The van der Waals surface area contributed by atoms with Gasteiger partial charge < -0.3 is 20.3 Å². The smallest absolute Gasteiger partial charge is 0.142 e. The Kier molecular flexibility index (Phi) is 5.55. The molecule has 1 aromatic carbocycles. The summed E-state index contributed by atoms with van der Waals surface area (Å²) in [6.07, 6.45) is -1.14. The van der Waals surface area contributed by atoms with Gasteiger partial charge in [-0.25, -0.2) is 0 Å². The number of ether oxygens (including phenoxy) is 1. The molecule has 0 saturated carbocycles. The SMILES string of the molecule is COc1cc(C(C)O)ccc1NCC(O)CCl. The van der Waals surface area contributed by atoms with Crippen molar-refractivity contribution in [2.24, 2.45) is 0 Å². The molecule has 17 heavy (non-hydrogen) atoms. The molecule has 0 bridgehead atoms. The van der Waals surface area contributed by atoms with Crippen molar-refractivity contribution in [3.8, 4) is 5.75 Å². The number of benzene rings is 1. The predicted molar refractivity (Wildman–Crippen MR) is 68.8 cm³/mol. The van der Waals surface area contributed by atoms with Gasteiger partial charge in [-0.15, -0.1) is 11.6 Å². The van der Waals surface area contributed by atoms with Gasteiger partial charge in [-0.05, 0) is 24.6 Å². The van der Waals surface area contributed by atoms with Crippen molar-refractivity contribution in [2.45, 2.75) is 19.1 Å². The second-order valence-electron chi connectivity index (χ2n) is 3.82. The second kappa shape index (κ2) is 6.69. The first-order valence-corrected chi connectivity index (χ1v) is 5.95. The van der Waals surface area contributed by atoms with Gasteiger partial charge in [-0.3, -0.25) is 0 Å². The van der Waals surface area contributed by atoms with Gasteiger partial charge in [0.15, 0.2) is 0 Å². The summed E-state index contributed by atoms with van der Waals surface area (Å²) in [5.74, 6) is 0.811. The van der Waals surface area contributed by atoms with E-state index in [1.807, 2.05) is 12.1 Å². The van der Waals surface area contributed by atoms with Crippen molar-refractivity contribution < 1.29 is 14.9 Å². The number of nitrogens with one attached hydrogen (secondary N) is 1. The van der Waals surface area contributed by atoms with Crippen molar-refractivity contribution in [1.29, 1.82) is 0 Å². The lowest BCUT2D eigenvalue weighted by Crippen LogP contribution is -2.21. The fraction of sp³-hybridized carbons (Fsp3) is 0.500. The Balaban J connectivity index is 2.78. The molecule has 0 aliphatic carbocycles. The number of methoxy groups -OCH3 is 1. The van der Waals surface area contributed by atoms with Crippen molar-refractivity contribution in [3.63, 3.8) is 0 Å². The van der Waals surface area contributed by atoms with Crippen LogP contribution in [-0.2, 0) is 0 Å². The summed E-state index contributed by atoms with van der Waals surface area (Å²) in [5.41, 5.74) is 1.55. The Labute approximate surface area is 106 Å². The molecule has 0 saturated heterocycles. The molecule has 2 unspecified atom stereocenters. The molecule has 4 nitrogen and oxygen atoms in total. The minimum Gasteiger partial charge on any atom is -0.495 e. The largest absolute Gasteiger partial charge is 0.495 e. The van der Waals surface area contributed by atoms with E-state index in [0.29, 0.717) is 12.3 Å². The summed E-state index contributed by atoms with van der Waals surface area (Å²) < 4.78 is 5.21. The Hall–Kier alpha value is -0.970. The third kappa shape index (κ3) is 4.07. The van der Waals surface area contributed by atoms with Crippen LogP contribution in [0.5, 0.6) is 5.75 Å². The Morgan fingerprint density at radius 1 is 1.41 bits per heavy atom. The minimum absolute atomic E-state index is 0.182. The van der Waals surface area contributed by atoms with Gasteiger partial charge in [-0.1, -0.05) is 6.07 Å². The van der Waals surface area contributed by atoms with Crippen LogP contribution in [0.25, 0.3) is 0 Å². The molecule has 0 heterocycles. The quantitative estimate of drug-likeness (QED) is 0.682. The van der Waals surface area contributed by atoms with E-state index in [2.05, 4.69) is 5.32 Å². The summed E-state index contributed by atoms with van der Waals surface area (Å²) in [4.78, 5) is 0. The van der Waals surface area contributed by atoms with Crippen molar-refractivity contribution in [1.82, 2.24) is 0 Å². The van der Waals surface area contributed by atoms with E-state index in [1.165, 1.54) is 0 Å². The third-order valence-electron chi connectivity index (χ3n) is 2.41. The molecule has 0 amide bonds. The molecular weight excluding hydrogens is 242 g/mol. The van der Waals surface area contributed by atoms with Crippen LogP contribution in [-0.4, -0.2) is 35.9 Å².